The Kier molecular flexibility index (Phi) is 4.78. The molecule has 2 rings (SSSR count). The molecule has 0 aliphatic heterocycles. The molecule has 3 N–H and O–H groups in total. The van der Waals surface area contributed by atoms with Gasteiger partial charge in [-0.2, -0.15) is 0 Å². The largest absolute Gasteiger partial charge is 0.389 e. The van der Waals surface area contributed by atoms with Gasteiger partial charge < -0.3 is 11.1 Å². The number of anilines is 2. The van der Waals surface area contributed by atoms with Crippen molar-refractivity contribution in [2.24, 2.45) is 5.73 Å². The molecule has 0 aliphatic rings. The Morgan fingerprint density at radius 2 is 1.90 bits per heavy atom. The lowest BCUT2D eigenvalue weighted by Crippen LogP contribution is -2.10. The summed E-state index contributed by atoms with van der Waals surface area (Å²) in [5, 5.41) is 3.17. The molecule has 0 radical (unpaired) electrons. The van der Waals surface area contributed by atoms with Crippen LogP contribution in [0, 0.1) is 12.7 Å². The van der Waals surface area contributed by atoms with Crippen molar-refractivity contribution in [2.75, 3.05) is 5.32 Å². The third-order valence-corrected chi connectivity index (χ3v) is 4.26. The van der Waals surface area contributed by atoms with Gasteiger partial charge in [0.2, 0.25) is 0 Å². The highest BCUT2D eigenvalue weighted by Gasteiger charge is 2.08. The smallest absolute Gasteiger partial charge is 0.139 e. The van der Waals surface area contributed by atoms with Gasteiger partial charge in [0, 0.05) is 21.4 Å². The number of hydrogen-bond donors (Lipinski definition) is 2. The average molecular weight is 418 g/mol. The first-order valence-corrected chi connectivity index (χ1v) is 7.70. The van der Waals surface area contributed by atoms with E-state index in [0.717, 1.165) is 21.3 Å². The van der Waals surface area contributed by atoms with Crippen LogP contribution in [0.4, 0.5) is 15.8 Å². The molecular weight excluding hydrogens is 407 g/mol. The Morgan fingerprint density at radius 1 is 1.20 bits per heavy atom. The number of nitrogens with two attached hydrogens (primary N) is 1. The molecule has 0 aromatic heterocycles. The van der Waals surface area contributed by atoms with Gasteiger partial charge >= 0.3 is 0 Å². The van der Waals surface area contributed by atoms with Gasteiger partial charge in [-0.25, -0.2) is 4.39 Å². The zero-order valence-electron chi connectivity index (χ0n) is 10.5. The van der Waals surface area contributed by atoms with Crippen molar-refractivity contribution in [1.82, 2.24) is 0 Å². The fourth-order valence-electron chi connectivity index (χ4n) is 1.73. The molecule has 2 aromatic carbocycles. The van der Waals surface area contributed by atoms with Crippen LogP contribution in [-0.2, 0) is 0 Å². The van der Waals surface area contributed by atoms with E-state index >= 15 is 0 Å². The highest BCUT2D eigenvalue weighted by molar-refractivity contribution is 9.10. The van der Waals surface area contributed by atoms with E-state index in [0.29, 0.717) is 15.1 Å². The van der Waals surface area contributed by atoms with Gasteiger partial charge in [-0.1, -0.05) is 12.2 Å². The van der Waals surface area contributed by atoms with Crippen LogP contribution in [0.15, 0.2) is 39.3 Å². The van der Waals surface area contributed by atoms with Gasteiger partial charge in [0.05, 0.1) is 4.47 Å². The second kappa shape index (κ2) is 6.20. The molecule has 104 valence electrons. The second-order valence-corrected chi connectivity index (χ2v) is 6.41. The zero-order valence-corrected chi connectivity index (χ0v) is 14.5. The number of rotatable bonds is 3. The van der Waals surface area contributed by atoms with E-state index in [1.807, 2.05) is 25.1 Å². The standard InChI is InChI=1S/C14H11Br2FN2S/c1-7-4-11(16)12(17)6-13(7)19-8-2-3-9(14(18)20)10(15)5-8/h2-6,19H,1H3,(H2,18,20). The Bertz CT molecular complexity index is 689. The first-order chi connectivity index (χ1) is 9.38. The molecule has 2 nitrogen and oxygen atoms in total. The molecule has 0 saturated carbocycles. The molecule has 0 aliphatic carbocycles. The van der Waals surface area contributed by atoms with Crippen molar-refractivity contribution in [3.8, 4) is 0 Å². The summed E-state index contributed by atoms with van der Waals surface area (Å²) < 4.78 is 14.8. The summed E-state index contributed by atoms with van der Waals surface area (Å²) >= 11 is 11.5. The van der Waals surface area contributed by atoms with Gasteiger partial charge in [-0.15, -0.1) is 0 Å². The molecule has 0 saturated heterocycles. The van der Waals surface area contributed by atoms with Gasteiger partial charge in [0.15, 0.2) is 0 Å². The van der Waals surface area contributed by atoms with E-state index in [-0.39, 0.29) is 5.82 Å². The first kappa shape index (κ1) is 15.4. The van der Waals surface area contributed by atoms with Crippen LogP contribution in [0.25, 0.3) is 0 Å². The van der Waals surface area contributed by atoms with E-state index in [1.165, 1.54) is 6.07 Å². The van der Waals surface area contributed by atoms with Gasteiger partial charge in [0.1, 0.15) is 10.8 Å². The summed E-state index contributed by atoms with van der Waals surface area (Å²) in [7, 11) is 0. The lowest BCUT2D eigenvalue weighted by atomic mass is 10.1. The number of hydrogen-bond acceptors (Lipinski definition) is 2. The molecule has 6 heteroatoms. The van der Waals surface area contributed by atoms with Crippen molar-refractivity contribution in [2.45, 2.75) is 6.92 Å². The average Bonchev–Trinajstić information content (AvgIpc) is 2.35. The molecule has 20 heavy (non-hydrogen) atoms. The van der Waals surface area contributed by atoms with Crippen molar-refractivity contribution in [3.63, 3.8) is 0 Å². The van der Waals surface area contributed by atoms with Crippen LogP contribution >= 0.6 is 44.1 Å². The fraction of sp³-hybridized carbons (Fsp3) is 0.0714. The van der Waals surface area contributed by atoms with Crippen LogP contribution < -0.4 is 11.1 Å². The molecule has 0 fully saturated rings. The molecule has 0 amide bonds. The first-order valence-electron chi connectivity index (χ1n) is 5.70. The third-order valence-electron chi connectivity index (χ3n) is 2.78. The quantitative estimate of drug-likeness (QED) is 0.687. The normalized spacial score (nSPS) is 10.4. The monoisotopic (exact) mass is 416 g/mol. The molecule has 0 atom stereocenters. The predicted octanol–water partition coefficient (Wildman–Crippen LogP) is 5.04. The summed E-state index contributed by atoms with van der Waals surface area (Å²) in [6, 6.07) is 8.71. The van der Waals surface area contributed by atoms with Crippen molar-refractivity contribution < 1.29 is 4.39 Å². The molecule has 0 bridgehead atoms. The maximum atomic E-state index is 13.6. The van der Waals surface area contributed by atoms with Crippen LogP contribution in [0.1, 0.15) is 11.1 Å². The Hall–Kier alpha value is -0.980. The topological polar surface area (TPSA) is 38.0 Å². The summed E-state index contributed by atoms with van der Waals surface area (Å²) in [5.41, 5.74) is 8.84. The summed E-state index contributed by atoms with van der Waals surface area (Å²) in [6.07, 6.45) is 0. The van der Waals surface area contributed by atoms with Crippen LogP contribution in [0.5, 0.6) is 0 Å². The minimum atomic E-state index is -0.308. The molecule has 0 unspecified atom stereocenters. The van der Waals surface area contributed by atoms with Crippen LogP contribution in [-0.4, -0.2) is 4.99 Å². The maximum absolute atomic E-state index is 13.6. The Labute approximate surface area is 138 Å². The second-order valence-electron chi connectivity index (χ2n) is 4.27. The van der Waals surface area contributed by atoms with Crippen molar-refractivity contribution >= 4 is 60.4 Å². The minimum absolute atomic E-state index is 0.308. The lowest BCUT2D eigenvalue weighted by Gasteiger charge is -2.12. The predicted molar refractivity (Wildman–Crippen MR) is 92.1 cm³/mol. The van der Waals surface area contributed by atoms with Crippen LogP contribution in [0.3, 0.4) is 0 Å². The van der Waals surface area contributed by atoms with E-state index in [2.05, 4.69) is 37.2 Å². The van der Waals surface area contributed by atoms with E-state index in [9.17, 15) is 4.39 Å². The highest BCUT2D eigenvalue weighted by Crippen LogP contribution is 2.28. The molecule has 0 heterocycles. The molecule has 2 aromatic rings. The number of halogens is 3. The van der Waals surface area contributed by atoms with E-state index in [1.54, 1.807) is 6.07 Å². The van der Waals surface area contributed by atoms with Gasteiger partial charge in [0.25, 0.3) is 0 Å². The van der Waals surface area contributed by atoms with Gasteiger partial charge in [-0.05, 0) is 74.7 Å². The Balaban J connectivity index is 2.33. The van der Waals surface area contributed by atoms with Crippen molar-refractivity contribution in [3.05, 3.63) is 56.2 Å². The highest BCUT2D eigenvalue weighted by atomic mass is 79.9. The van der Waals surface area contributed by atoms with Crippen molar-refractivity contribution in [1.29, 1.82) is 0 Å². The molecule has 0 spiro atoms. The molecular formula is C14H11Br2FN2S. The lowest BCUT2D eigenvalue weighted by molar-refractivity contribution is 0.621. The number of benzene rings is 2. The number of thiocarbonyl (C=S) groups is 1. The summed E-state index contributed by atoms with van der Waals surface area (Å²) in [6.45, 7) is 1.91. The maximum Gasteiger partial charge on any atom is 0.139 e. The van der Waals surface area contributed by atoms with E-state index in [4.69, 9.17) is 18.0 Å². The van der Waals surface area contributed by atoms with Gasteiger partial charge in [-0.3, -0.25) is 0 Å². The SMILES string of the molecule is Cc1cc(Br)c(F)cc1Nc1ccc(C(N)=S)c(Br)c1. The Morgan fingerprint density at radius 3 is 2.50 bits per heavy atom. The third kappa shape index (κ3) is 3.37. The fourth-order valence-corrected chi connectivity index (χ4v) is 3.09. The minimum Gasteiger partial charge on any atom is -0.389 e. The summed E-state index contributed by atoms with van der Waals surface area (Å²) in [5.74, 6) is -0.308. The van der Waals surface area contributed by atoms with E-state index < -0.39 is 0 Å². The summed E-state index contributed by atoms with van der Waals surface area (Å²) in [4.78, 5) is 0.328. The zero-order chi connectivity index (χ0) is 14.9. The van der Waals surface area contributed by atoms with Crippen LogP contribution in [0.2, 0.25) is 0 Å². The number of nitrogens with one attached hydrogen (secondary N) is 1. The number of aryl methyl sites for hydroxylation is 1.